The summed E-state index contributed by atoms with van der Waals surface area (Å²) in [6, 6.07) is 8.27. The Bertz CT molecular complexity index is 451. The van der Waals surface area contributed by atoms with E-state index in [2.05, 4.69) is 11.9 Å². The zero-order valence-electron chi connectivity index (χ0n) is 13.0. The lowest BCUT2D eigenvalue weighted by atomic mass is 9.93. The van der Waals surface area contributed by atoms with Gasteiger partial charge in [0, 0.05) is 25.4 Å². The lowest BCUT2D eigenvalue weighted by Crippen LogP contribution is -2.37. The first kappa shape index (κ1) is 15.8. The molecule has 1 aliphatic rings. The average molecular weight is 291 g/mol. The number of ether oxygens (including phenoxy) is 2. The molecular formula is C17H25NO3. The molecule has 2 rings (SSSR count). The topological polar surface area (TPSA) is 38.8 Å². The molecule has 1 aromatic carbocycles. The molecule has 0 spiro atoms. The predicted molar refractivity (Wildman–Crippen MR) is 83.0 cm³/mol. The van der Waals surface area contributed by atoms with Gasteiger partial charge >= 0.3 is 0 Å². The molecule has 0 heterocycles. The van der Waals surface area contributed by atoms with Crippen LogP contribution in [0.3, 0.4) is 0 Å². The maximum atomic E-state index is 11.3. The smallest absolute Gasteiger partial charge is 0.161 e. The Labute approximate surface area is 127 Å². The molecule has 0 N–H and O–H groups in total. The van der Waals surface area contributed by atoms with Crippen molar-refractivity contribution in [2.45, 2.75) is 38.6 Å². The van der Waals surface area contributed by atoms with Crippen LogP contribution < -0.4 is 9.47 Å². The van der Waals surface area contributed by atoms with Gasteiger partial charge in [-0.25, -0.2) is 0 Å². The van der Waals surface area contributed by atoms with Gasteiger partial charge < -0.3 is 14.4 Å². The first-order valence-corrected chi connectivity index (χ1v) is 7.77. The average Bonchev–Trinajstić information content (AvgIpc) is 2.50. The zero-order chi connectivity index (χ0) is 15.1. The number of Topliss-reactive ketones (excluding diaryl/α,β-unsaturated/α-hetero) is 1. The van der Waals surface area contributed by atoms with Gasteiger partial charge in [-0.3, -0.25) is 4.79 Å². The maximum Gasteiger partial charge on any atom is 0.161 e. The van der Waals surface area contributed by atoms with Crippen LogP contribution in [-0.4, -0.2) is 43.5 Å². The number of likely N-dealkylation sites (N-methyl/N-ethyl adjacent to an activating group) is 1. The Morgan fingerprint density at radius 2 is 1.76 bits per heavy atom. The fourth-order valence-corrected chi connectivity index (χ4v) is 2.69. The lowest BCUT2D eigenvalue weighted by molar-refractivity contribution is -0.121. The molecule has 1 aliphatic carbocycles. The minimum atomic E-state index is 0.404. The number of benzene rings is 1. The summed E-state index contributed by atoms with van der Waals surface area (Å²) in [4.78, 5) is 13.6. The highest BCUT2D eigenvalue weighted by Crippen LogP contribution is 2.26. The van der Waals surface area contributed by atoms with E-state index in [-0.39, 0.29) is 0 Å². The van der Waals surface area contributed by atoms with Crippen LogP contribution in [0.2, 0.25) is 0 Å². The molecule has 1 aromatic rings. The third-order valence-electron chi connectivity index (χ3n) is 3.99. The molecule has 0 radical (unpaired) electrons. The fraction of sp³-hybridized carbons (Fsp3) is 0.588. The van der Waals surface area contributed by atoms with Gasteiger partial charge in [0.2, 0.25) is 0 Å². The summed E-state index contributed by atoms with van der Waals surface area (Å²) < 4.78 is 11.4. The second-order valence-corrected chi connectivity index (χ2v) is 5.48. The number of carbonyl (C=O) groups excluding carboxylic acids is 1. The largest absolute Gasteiger partial charge is 0.490 e. The Morgan fingerprint density at radius 1 is 1.14 bits per heavy atom. The summed E-state index contributed by atoms with van der Waals surface area (Å²) in [6.07, 6.45) is 3.40. The molecule has 0 amide bonds. The third kappa shape index (κ3) is 4.74. The monoisotopic (exact) mass is 291 g/mol. The van der Waals surface area contributed by atoms with Crippen molar-refractivity contribution >= 4 is 5.78 Å². The van der Waals surface area contributed by atoms with Crippen molar-refractivity contribution in [2.75, 3.05) is 26.8 Å². The molecule has 0 unspecified atom stereocenters. The zero-order valence-corrected chi connectivity index (χ0v) is 13.0. The molecule has 0 saturated heterocycles. The van der Waals surface area contributed by atoms with Gasteiger partial charge in [0.05, 0.1) is 6.61 Å². The van der Waals surface area contributed by atoms with Crippen molar-refractivity contribution in [3.05, 3.63) is 24.3 Å². The maximum absolute atomic E-state index is 11.3. The van der Waals surface area contributed by atoms with E-state index in [0.29, 0.717) is 25.0 Å². The molecule has 1 saturated carbocycles. The van der Waals surface area contributed by atoms with Crippen molar-refractivity contribution in [2.24, 2.45) is 0 Å². The van der Waals surface area contributed by atoms with Crippen molar-refractivity contribution < 1.29 is 14.3 Å². The number of carbonyl (C=O) groups is 1. The minimum Gasteiger partial charge on any atom is -0.490 e. The van der Waals surface area contributed by atoms with Crippen molar-refractivity contribution in [3.8, 4) is 11.5 Å². The fourth-order valence-electron chi connectivity index (χ4n) is 2.69. The summed E-state index contributed by atoms with van der Waals surface area (Å²) in [5, 5.41) is 0. The predicted octanol–water partition coefficient (Wildman–Crippen LogP) is 2.91. The molecular weight excluding hydrogens is 266 g/mol. The number of nitrogens with zero attached hydrogens (tertiary/aromatic N) is 1. The molecule has 0 atom stereocenters. The quantitative estimate of drug-likeness (QED) is 0.774. The lowest BCUT2D eigenvalue weighted by Gasteiger charge is -2.30. The van der Waals surface area contributed by atoms with Gasteiger partial charge in [0.25, 0.3) is 0 Å². The molecule has 0 aromatic heterocycles. The van der Waals surface area contributed by atoms with E-state index in [1.807, 2.05) is 31.2 Å². The van der Waals surface area contributed by atoms with Crippen LogP contribution in [0.4, 0.5) is 0 Å². The van der Waals surface area contributed by atoms with Gasteiger partial charge in [-0.1, -0.05) is 12.1 Å². The number of hydrogen-bond acceptors (Lipinski definition) is 4. The Kier molecular flexibility index (Phi) is 6.05. The molecule has 4 nitrogen and oxygen atoms in total. The highest BCUT2D eigenvalue weighted by atomic mass is 16.5. The minimum absolute atomic E-state index is 0.404. The van der Waals surface area contributed by atoms with Crippen molar-refractivity contribution in [1.29, 1.82) is 0 Å². The van der Waals surface area contributed by atoms with Gasteiger partial charge in [0.15, 0.2) is 11.5 Å². The van der Waals surface area contributed by atoms with Crippen LogP contribution in [0.1, 0.15) is 32.6 Å². The number of ketones is 1. The van der Waals surface area contributed by atoms with E-state index >= 15 is 0 Å². The van der Waals surface area contributed by atoms with Crippen LogP contribution in [0.15, 0.2) is 24.3 Å². The Balaban J connectivity index is 1.77. The normalized spacial score (nSPS) is 16.2. The van der Waals surface area contributed by atoms with Gasteiger partial charge in [0.1, 0.15) is 12.4 Å². The second-order valence-electron chi connectivity index (χ2n) is 5.48. The van der Waals surface area contributed by atoms with E-state index < -0.39 is 0 Å². The number of para-hydroxylation sites is 2. The van der Waals surface area contributed by atoms with E-state index in [1.165, 1.54) is 0 Å². The van der Waals surface area contributed by atoms with Crippen LogP contribution in [0, 0.1) is 0 Å². The highest BCUT2D eigenvalue weighted by molar-refractivity contribution is 5.79. The molecule has 0 bridgehead atoms. The van der Waals surface area contributed by atoms with Gasteiger partial charge in [-0.05, 0) is 38.9 Å². The summed E-state index contributed by atoms with van der Waals surface area (Å²) in [5.41, 5.74) is 0. The number of hydrogen-bond donors (Lipinski definition) is 0. The van der Waals surface area contributed by atoms with Gasteiger partial charge in [-0.15, -0.1) is 0 Å². The number of rotatable bonds is 7. The van der Waals surface area contributed by atoms with E-state index in [9.17, 15) is 4.79 Å². The highest BCUT2D eigenvalue weighted by Gasteiger charge is 2.21. The standard InChI is InChI=1S/C17H25NO3/c1-3-20-16-6-4-5-7-17(16)21-13-12-18(2)14-8-10-15(19)11-9-14/h4-7,14H,3,8-13H2,1-2H3. The second kappa shape index (κ2) is 8.03. The molecule has 116 valence electrons. The summed E-state index contributed by atoms with van der Waals surface area (Å²) >= 11 is 0. The van der Waals surface area contributed by atoms with Crippen LogP contribution >= 0.6 is 0 Å². The van der Waals surface area contributed by atoms with E-state index in [4.69, 9.17) is 9.47 Å². The first-order chi connectivity index (χ1) is 10.2. The van der Waals surface area contributed by atoms with E-state index in [0.717, 1.165) is 43.7 Å². The molecule has 0 aliphatic heterocycles. The molecule has 1 fully saturated rings. The summed E-state index contributed by atoms with van der Waals surface area (Å²) in [6.45, 7) is 4.09. The Hall–Kier alpha value is -1.55. The van der Waals surface area contributed by atoms with Crippen LogP contribution in [-0.2, 0) is 4.79 Å². The van der Waals surface area contributed by atoms with Crippen LogP contribution in [0.5, 0.6) is 11.5 Å². The summed E-state index contributed by atoms with van der Waals surface area (Å²) in [5.74, 6) is 2.00. The third-order valence-corrected chi connectivity index (χ3v) is 3.99. The summed E-state index contributed by atoms with van der Waals surface area (Å²) in [7, 11) is 2.11. The molecule has 21 heavy (non-hydrogen) atoms. The van der Waals surface area contributed by atoms with Crippen LogP contribution in [0.25, 0.3) is 0 Å². The van der Waals surface area contributed by atoms with Crippen molar-refractivity contribution in [3.63, 3.8) is 0 Å². The first-order valence-electron chi connectivity index (χ1n) is 7.77. The molecule has 4 heteroatoms. The van der Waals surface area contributed by atoms with Crippen molar-refractivity contribution in [1.82, 2.24) is 4.90 Å². The Morgan fingerprint density at radius 3 is 2.38 bits per heavy atom. The SMILES string of the molecule is CCOc1ccccc1OCCN(C)C1CCC(=O)CC1. The van der Waals surface area contributed by atoms with Gasteiger partial charge in [-0.2, -0.15) is 0 Å². The van der Waals surface area contributed by atoms with E-state index in [1.54, 1.807) is 0 Å².